The van der Waals surface area contributed by atoms with E-state index in [0.717, 1.165) is 49.9 Å². The van der Waals surface area contributed by atoms with Gasteiger partial charge in [0.25, 0.3) is 5.91 Å². The molecule has 1 fully saturated rings. The number of amides is 1. The molecule has 43 heavy (non-hydrogen) atoms. The number of methoxy groups -OCH3 is 1. The summed E-state index contributed by atoms with van der Waals surface area (Å²) in [5, 5.41) is 36.3. The molecule has 0 saturated carbocycles. The molecule has 5 atom stereocenters. The second-order valence-electron chi connectivity index (χ2n) is 10.7. The molecule has 12 heteroatoms. The number of para-hydroxylation sites is 2. The summed E-state index contributed by atoms with van der Waals surface area (Å²) in [7, 11) is 3.55. The summed E-state index contributed by atoms with van der Waals surface area (Å²) in [5.74, 6) is -0.255. The fourth-order valence-electron chi connectivity index (χ4n) is 7.39. The van der Waals surface area contributed by atoms with Gasteiger partial charge in [0.2, 0.25) is 0 Å². The number of hydrogen-bond donors (Lipinski definition) is 4. The minimum Gasteiger partial charge on any atom is -0.660 e. The van der Waals surface area contributed by atoms with E-state index in [1.165, 1.54) is 0 Å². The number of ether oxygens (including phenoxy) is 3. The zero-order chi connectivity index (χ0) is 29.3. The van der Waals surface area contributed by atoms with Crippen LogP contribution in [0.2, 0.25) is 0 Å². The number of nitrogens with zero attached hydrogens (tertiary/aromatic N) is 3. The van der Waals surface area contributed by atoms with Crippen LogP contribution in [0, 0.1) is 5.41 Å². The summed E-state index contributed by atoms with van der Waals surface area (Å²) in [6.07, 6.45) is 1.33. The van der Waals surface area contributed by atoms with E-state index in [2.05, 4.69) is 50.4 Å². The van der Waals surface area contributed by atoms with Gasteiger partial charge in [-0.3, -0.25) is 10.2 Å². The third-order valence-electron chi connectivity index (χ3n) is 8.79. The number of likely N-dealkylation sites (N-methyl/N-ethyl adjacent to an activating group) is 1. The maximum atomic E-state index is 13.4. The number of nitrogens with one attached hydrogen (secondary N) is 2. The van der Waals surface area contributed by atoms with Gasteiger partial charge in [0.1, 0.15) is 18.8 Å². The van der Waals surface area contributed by atoms with Crippen molar-refractivity contribution in [2.75, 3.05) is 14.2 Å². The van der Waals surface area contributed by atoms with Crippen LogP contribution >= 0.6 is 0 Å². The summed E-state index contributed by atoms with van der Waals surface area (Å²) >= 11 is 0. The molecule has 3 aliphatic rings. The first-order valence-electron chi connectivity index (χ1n) is 13.6. The number of aliphatic hydroxyl groups is 2. The van der Waals surface area contributed by atoms with Gasteiger partial charge in [-0.1, -0.05) is 36.4 Å². The molecule has 2 bridgehead atoms. The Morgan fingerprint density at radius 2 is 1.79 bits per heavy atom. The zero-order valence-corrected chi connectivity index (χ0v) is 26.7. The molecular formula is C31H30N5O6Y-. The SMILES string of the molecule is C[N-]C1CC2OC(C)(C1OC)n1c3ccccc3c3c4c(c5c6ccccc6n2c5c31)C(=O)NC4O.N=CO/C=C\O.[Y]. The Kier molecular flexibility index (Phi) is 7.61. The van der Waals surface area contributed by atoms with Crippen molar-refractivity contribution in [3.8, 4) is 0 Å². The van der Waals surface area contributed by atoms with Gasteiger partial charge < -0.3 is 44.2 Å². The first-order chi connectivity index (χ1) is 20.4. The Morgan fingerprint density at radius 3 is 2.42 bits per heavy atom. The average molecular weight is 658 g/mol. The smallest absolute Gasteiger partial charge is 0.254 e. The number of rotatable bonds is 4. The van der Waals surface area contributed by atoms with Crippen molar-refractivity contribution in [1.29, 1.82) is 5.41 Å². The topological polar surface area (TPSA) is 145 Å². The number of benzene rings is 3. The van der Waals surface area contributed by atoms with Gasteiger partial charge in [0.05, 0.1) is 33.7 Å². The van der Waals surface area contributed by atoms with Crippen LogP contribution in [0.15, 0.2) is 61.1 Å². The molecule has 1 saturated heterocycles. The molecule has 3 aliphatic heterocycles. The molecule has 219 valence electrons. The molecular weight excluding hydrogens is 627 g/mol. The Morgan fingerprint density at radius 1 is 1.12 bits per heavy atom. The summed E-state index contributed by atoms with van der Waals surface area (Å²) in [6.45, 7) is 2.07. The van der Waals surface area contributed by atoms with Crippen LogP contribution < -0.4 is 5.32 Å². The second kappa shape index (κ2) is 11.0. The first kappa shape index (κ1) is 29.7. The third kappa shape index (κ3) is 3.96. The van der Waals surface area contributed by atoms with Crippen molar-refractivity contribution in [3.05, 3.63) is 77.5 Å². The van der Waals surface area contributed by atoms with E-state index in [0.29, 0.717) is 30.2 Å². The molecule has 3 aromatic carbocycles. The largest absolute Gasteiger partial charge is 0.660 e. The van der Waals surface area contributed by atoms with Gasteiger partial charge in [-0.25, -0.2) is 0 Å². The minimum absolute atomic E-state index is 0. The maximum Gasteiger partial charge on any atom is 0.254 e. The number of aliphatic hydroxyl groups excluding tert-OH is 2. The maximum absolute atomic E-state index is 13.4. The minimum atomic E-state index is -1.09. The summed E-state index contributed by atoms with van der Waals surface area (Å²) in [5.41, 5.74) is 4.15. The molecule has 5 heterocycles. The molecule has 8 rings (SSSR count). The first-order valence-corrected chi connectivity index (χ1v) is 13.6. The molecule has 2 aromatic heterocycles. The predicted molar refractivity (Wildman–Crippen MR) is 159 cm³/mol. The van der Waals surface area contributed by atoms with Gasteiger partial charge >= 0.3 is 0 Å². The van der Waals surface area contributed by atoms with Gasteiger partial charge in [0.15, 0.2) is 18.4 Å². The Bertz CT molecular complexity index is 1950. The van der Waals surface area contributed by atoms with Crippen molar-refractivity contribution in [1.82, 2.24) is 14.5 Å². The standard InChI is InChI=1S/C28H25N4O4.C3H5NO2.Y/c1-28-25(35-3)15(29-2)12-18(36-28)31-16-10-6-4-8-13(16)19-21-22(27(34)30-26(21)33)20-14-9-5-7-11-17(14)32(28)24(20)23(19)31;4-3-6-2-1-5;/h4-11,15,18,25,27,34H,12H2,1-3H3,(H,30,33);1-5H;/q-1;;/b;2-1-,4-3?;. The second-order valence-corrected chi connectivity index (χ2v) is 10.7. The Hall–Kier alpha value is -3.32. The zero-order valence-electron chi connectivity index (χ0n) is 23.8. The van der Waals surface area contributed by atoms with Crippen LogP contribution in [-0.2, 0) is 52.6 Å². The van der Waals surface area contributed by atoms with Crippen molar-refractivity contribution in [2.45, 2.75) is 43.7 Å². The molecule has 5 aromatic rings. The number of hydrogen-bond acceptors (Lipinski definition) is 7. The molecule has 5 unspecified atom stereocenters. The van der Waals surface area contributed by atoms with Gasteiger partial charge in [0, 0.05) is 66.9 Å². The molecule has 0 aliphatic carbocycles. The summed E-state index contributed by atoms with van der Waals surface area (Å²) in [6, 6.07) is 16.2. The van der Waals surface area contributed by atoms with Crippen LogP contribution in [0.3, 0.4) is 0 Å². The van der Waals surface area contributed by atoms with E-state index in [-0.39, 0.29) is 57.0 Å². The van der Waals surface area contributed by atoms with E-state index in [4.69, 9.17) is 25.3 Å². The molecule has 4 N–H and O–H groups in total. The van der Waals surface area contributed by atoms with Crippen molar-refractivity contribution < 1.29 is 61.9 Å². The molecule has 0 spiro atoms. The van der Waals surface area contributed by atoms with Crippen LogP contribution in [0.1, 0.15) is 41.7 Å². The average Bonchev–Trinajstić information content (AvgIpc) is 3.60. The van der Waals surface area contributed by atoms with Crippen LogP contribution in [0.5, 0.6) is 0 Å². The van der Waals surface area contributed by atoms with Crippen molar-refractivity contribution in [3.63, 3.8) is 0 Å². The van der Waals surface area contributed by atoms with Crippen LogP contribution in [0.4, 0.5) is 0 Å². The molecule has 1 amide bonds. The van der Waals surface area contributed by atoms with E-state index >= 15 is 0 Å². The summed E-state index contributed by atoms with van der Waals surface area (Å²) < 4.78 is 21.7. The predicted octanol–water partition coefficient (Wildman–Crippen LogP) is 5.27. The Balaban J connectivity index is 0.000000430. The van der Waals surface area contributed by atoms with E-state index < -0.39 is 12.0 Å². The number of aromatic nitrogens is 2. The quantitative estimate of drug-likeness (QED) is 0.118. The fraction of sp³-hybridized carbons (Fsp3) is 0.290. The third-order valence-corrected chi connectivity index (χ3v) is 8.79. The molecule has 11 nitrogen and oxygen atoms in total. The van der Waals surface area contributed by atoms with Crippen molar-refractivity contribution >= 4 is 55.9 Å². The van der Waals surface area contributed by atoms with Crippen LogP contribution in [0.25, 0.3) is 48.9 Å². The normalized spacial score (nSPS) is 25.4. The van der Waals surface area contributed by atoms with Gasteiger partial charge in [-0.15, -0.1) is 6.04 Å². The monoisotopic (exact) mass is 657 g/mol. The number of carbonyl (C=O) groups is 1. The summed E-state index contributed by atoms with van der Waals surface area (Å²) in [4.78, 5) is 13.4. The number of carbonyl (C=O) groups excluding carboxylic acids is 1. The van der Waals surface area contributed by atoms with E-state index in [9.17, 15) is 9.90 Å². The van der Waals surface area contributed by atoms with Gasteiger partial charge in [-0.05, 0) is 25.5 Å². The van der Waals surface area contributed by atoms with E-state index in [1.54, 1.807) is 7.11 Å². The van der Waals surface area contributed by atoms with Crippen LogP contribution in [-0.4, -0.2) is 58.0 Å². The van der Waals surface area contributed by atoms with Gasteiger partial charge in [-0.2, -0.15) is 7.05 Å². The fourth-order valence-corrected chi connectivity index (χ4v) is 7.39. The molecule has 1 radical (unpaired) electrons. The number of fused-ring (bicyclic) bond motifs is 13. The Labute approximate surface area is 271 Å². The van der Waals surface area contributed by atoms with E-state index in [1.807, 2.05) is 31.3 Å². The van der Waals surface area contributed by atoms with Crippen molar-refractivity contribution in [2.24, 2.45) is 0 Å².